The number of Topliss-reactive ketones (excluding diaryl/α,β-unsaturated/α-hetero) is 1. The van der Waals surface area contributed by atoms with Gasteiger partial charge in [0.1, 0.15) is 28.4 Å². The molecule has 0 aliphatic rings. The lowest BCUT2D eigenvalue weighted by Crippen LogP contribution is -2.21. The zero-order chi connectivity index (χ0) is 22.2. The van der Waals surface area contributed by atoms with Gasteiger partial charge in [-0.25, -0.2) is 8.78 Å². The maximum atomic E-state index is 14.1. The van der Waals surface area contributed by atoms with Gasteiger partial charge in [-0.15, -0.1) is 0 Å². The smallest absolute Gasteiger partial charge is 0.282 e. The van der Waals surface area contributed by atoms with Gasteiger partial charge in [0.2, 0.25) is 5.43 Å². The van der Waals surface area contributed by atoms with Crippen molar-refractivity contribution in [3.8, 4) is 0 Å². The number of H-pyrrole nitrogens is 1. The minimum atomic E-state index is -0.955. The summed E-state index contributed by atoms with van der Waals surface area (Å²) in [4.78, 5) is 39.4. The molecule has 30 heavy (non-hydrogen) atoms. The van der Waals surface area contributed by atoms with Crippen LogP contribution >= 0.6 is 11.6 Å². The summed E-state index contributed by atoms with van der Waals surface area (Å²) in [5, 5.41) is 13.6. The first kappa shape index (κ1) is 21.4. The summed E-state index contributed by atoms with van der Waals surface area (Å²) in [7, 11) is 0. The molecule has 0 atom stereocenters. The Kier molecular flexibility index (Phi) is 5.84. The van der Waals surface area contributed by atoms with Crippen LogP contribution in [0.4, 0.5) is 26.0 Å². The third kappa shape index (κ3) is 4.02. The summed E-state index contributed by atoms with van der Waals surface area (Å²) in [6, 6.07) is 5.03. The van der Waals surface area contributed by atoms with Crippen LogP contribution in [0.3, 0.4) is 0 Å². The van der Waals surface area contributed by atoms with Crippen molar-refractivity contribution in [1.82, 2.24) is 4.98 Å². The number of nitro benzene ring substituents is 1. The van der Waals surface area contributed by atoms with Crippen LogP contribution in [-0.4, -0.2) is 15.7 Å². The van der Waals surface area contributed by atoms with Crippen molar-refractivity contribution in [2.45, 2.75) is 20.3 Å². The van der Waals surface area contributed by atoms with Crippen LogP contribution in [-0.2, 0) is 0 Å². The molecule has 0 saturated carbocycles. The van der Waals surface area contributed by atoms with E-state index in [1.165, 1.54) is 6.07 Å². The van der Waals surface area contributed by atoms with Crippen molar-refractivity contribution in [1.29, 1.82) is 0 Å². The normalized spacial score (nSPS) is 11.1. The molecular weight excluding hydrogens is 420 g/mol. The number of pyridine rings is 1. The summed E-state index contributed by atoms with van der Waals surface area (Å²) >= 11 is 6.12. The molecule has 1 aromatic heterocycles. The fourth-order valence-corrected chi connectivity index (χ4v) is 3.26. The van der Waals surface area contributed by atoms with E-state index < -0.39 is 39.0 Å². The number of aromatic nitrogens is 1. The number of aromatic amines is 1. The predicted octanol–water partition coefficient (Wildman–Crippen LogP) is 5.34. The number of benzene rings is 2. The van der Waals surface area contributed by atoms with Crippen LogP contribution in [0.5, 0.6) is 0 Å². The fourth-order valence-electron chi connectivity index (χ4n) is 3.05. The first-order valence-corrected chi connectivity index (χ1v) is 9.26. The number of hydrogen-bond acceptors (Lipinski definition) is 5. The Bertz CT molecular complexity index is 1240. The number of anilines is 2. The van der Waals surface area contributed by atoms with Gasteiger partial charge in [0.05, 0.1) is 21.2 Å². The number of hydrogen-bond donors (Lipinski definition) is 2. The molecule has 10 heteroatoms. The van der Waals surface area contributed by atoms with Crippen LogP contribution in [0, 0.1) is 27.7 Å². The highest BCUT2D eigenvalue weighted by atomic mass is 35.5. The number of halogens is 3. The van der Waals surface area contributed by atoms with Crippen molar-refractivity contribution in [2.75, 3.05) is 5.32 Å². The lowest BCUT2D eigenvalue weighted by atomic mass is 9.99. The first-order valence-electron chi connectivity index (χ1n) is 8.88. The predicted molar refractivity (Wildman–Crippen MR) is 110 cm³/mol. The van der Waals surface area contributed by atoms with Gasteiger partial charge in [-0.3, -0.25) is 19.7 Å². The summed E-state index contributed by atoms with van der Waals surface area (Å²) in [5.41, 5.74) is -2.11. The fraction of sp³-hybridized carbons (Fsp3) is 0.200. The van der Waals surface area contributed by atoms with Crippen LogP contribution in [0.25, 0.3) is 10.9 Å². The molecular formula is C20H16ClF2N3O4. The van der Waals surface area contributed by atoms with Gasteiger partial charge in [-0.1, -0.05) is 25.4 Å². The molecule has 7 nitrogen and oxygen atoms in total. The summed E-state index contributed by atoms with van der Waals surface area (Å²) in [6.45, 7) is 3.53. The molecule has 0 aliphatic carbocycles. The topological polar surface area (TPSA) is 105 Å². The quantitative estimate of drug-likeness (QED) is 0.309. The van der Waals surface area contributed by atoms with Crippen LogP contribution in [0.15, 0.2) is 35.1 Å². The Morgan fingerprint density at radius 3 is 2.57 bits per heavy atom. The molecule has 3 aromatic rings. The first-order chi connectivity index (χ1) is 14.1. The van der Waals surface area contributed by atoms with Gasteiger partial charge in [0, 0.05) is 18.6 Å². The molecule has 0 spiro atoms. The van der Waals surface area contributed by atoms with E-state index >= 15 is 0 Å². The van der Waals surface area contributed by atoms with E-state index in [1.54, 1.807) is 13.8 Å². The van der Waals surface area contributed by atoms with Crippen molar-refractivity contribution in [3.05, 3.63) is 72.9 Å². The molecule has 0 amide bonds. The second kappa shape index (κ2) is 8.19. The zero-order valence-electron chi connectivity index (χ0n) is 15.9. The Morgan fingerprint density at radius 1 is 1.27 bits per heavy atom. The highest BCUT2D eigenvalue weighted by Gasteiger charge is 2.26. The number of fused-ring (bicyclic) bond motifs is 1. The number of nitrogens with zero attached hydrogens (tertiary/aromatic N) is 1. The third-order valence-corrected chi connectivity index (χ3v) is 4.66. The van der Waals surface area contributed by atoms with E-state index in [0.717, 1.165) is 18.2 Å². The van der Waals surface area contributed by atoms with Gasteiger partial charge >= 0.3 is 0 Å². The minimum absolute atomic E-state index is 0.00168. The maximum Gasteiger partial charge on any atom is 0.282 e. The highest BCUT2D eigenvalue weighted by Crippen LogP contribution is 2.31. The monoisotopic (exact) mass is 435 g/mol. The van der Waals surface area contributed by atoms with E-state index in [1.807, 2.05) is 0 Å². The van der Waals surface area contributed by atoms with Gasteiger partial charge < -0.3 is 10.3 Å². The van der Waals surface area contributed by atoms with Gasteiger partial charge in [-0.05, 0) is 24.1 Å². The van der Waals surface area contributed by atoms with E-state index in [9.17, 15) is 28.5 Å². The average Bonchev–Trinajstić information content (AvgIpc) is 2.64. The zero-order valence-corrected chi connectivity index (χ0v) is 16.6. The molecule has 0 aliphatic heterocycles. The van der Waals surface area contributed by atoms with Crippen molar-refractivity contribution in [3.63, 3.8) is 0 Å². The van der Waals surface area contributed by atoms with Crippen molar-refractivity contribution < 1.29 is 18.5 Å². The number of nitrogens with one attached hydrogen (secondary N) is 2. The molecule has 1 heterocycles. The van der Waals surface area contributed by atoms with E-state index in [-0.39, 0.29) is 39.8 Å². The number of carbonyl (C=O) groups excluding carboxylic acids is 1. The summed E-state index contributed by atoms with van der Waals surface area (Å²) in [6.07, 6.45) is -0.0243. The largest absolute Gasteiger partial charge is 0.339 e. The number of ketones is 1. The number of non-ortho nitro benzene ring substituents is 1. The summed E-state index contributed by atoms with van der Waals surface area (Å²) < 4.78 is 27.4. The lowest BCUT2D eigenvalue weighted by Gasteiger charge is -2.15. The second-order valence-electron chi connectivity index (χ2n) is 7.05. The van der Waals surface area contributed by atoms with E-state index in [0.29, 0.717) is 6.07 Å². The maximum absolute atomic E-state index is 14.1. The summed E-state index contributed by atoms with van der Waals surface area (Å²) in [5.74, 6) is -2.65. The third-order valence-electron chi connectivity index (χ3n) is 4.35. The lowest BCUT2D eigenvalue weighted by molar-refractivity contribution is -0.383. The Balaban J connectivity index is 2.34. The molecule has 0 fully saturated rings. The molecule has 0 radical (unpaired) electrons. The molecule has 156 valence electrons. The average molecular weight is 436 g/mol. The molecule has 2 aromatic carbocycles. The minimum Gasteiger partial charge on any atom is -0.339 e. The molecule has 0 unspecified atom stereocenters. The van der Waals surface area contributed by atoms with Gasteiger partial charge in [0.25, 0.3) is 5.69 Å². The molecule has 2 N–H and O–H groups in total. The van der Waals surface area contributed by atoms with Gasteiger partial charge in [-0.2, -0.15) is 0 Å². The Hall–Kier alpha value is -3.33. The van der Waals surface area contributed by atoms with Crippen molar-refractivity contribution in [2.24, 2.45) is 5.92 Å². The van der Waals surface area contributed by atoms with Crippen molar-refractivity contribution >= 4 is 45.5 Å². The number of carbonyl (C=O) groups is 1. The number of rotatable bonds is 6. The van der Waals surface area contributed by atoms with Crippen LogP contribution in [0.1, 0.15) is 30.6 Å². The SMILES string of the molecule is CC(C)CC(=O)c1c(Nc2ccc(F)cc2F)[nH]c2c(Cl)ccc([N+](=O)[O-])c2c1=O. The highest BCUT2D eigenvalue weighted by molar-refractivity contribution is 6.35. The second-order valence-corrected chi connectivity index (χ2v) is 7.46. The van der Waals surface area contributed by atoms with Crippen LogP contribution in [0.2, 0.25) is 5.02 Å². The molecule has 0 saturated heterocycles. The van der Waals surface area contributed by atoms with E-state index in [2.05, 4.69) is 10.3 Å². The van der Waals surface area contributed by atoms with Crippen LogP contribution < -0.4 is 10.7 Å². The van der Waals surface area contributed by atoms with E-state index in [4.69, 9.17) is 11.6 Å². The Labute approximate surface area is 173 Å². The molecule has 0 bridgehead atoms. The van der Waals surface area contributed by atoms with Gasteiger partial charge in [0.15, 0.2) is 5.78 Å². The standard InChI is InChI=1S/C20H16ClF2N3O4/c1-9(2)7-15(27)17-19(28)16-14(26(29)30)6-4-11(21)18(16)25-20(17)24-13-5-3-10(22)8-12(13)23/h3-6,8-9H,7H2,1-2H3,(H2,24,25,28). The number of nitro groups is 1. The molecule has 3 rings (SSSR count). The Morgan fingerprint density at radius 2 is 1.97 bits per heavy atom.